The lowest BCUT2D eigenvalue weighted by atomic mass is 10.0. The van der Waals surface area contributed by atoms with E-state index >= 15 is 0 Å². The predicted molar refractivity (Wildman–Crippen MR) is 377 cm³/mol. The summed E-state index contributed by atoms with van der Waals surface area (Å²) in [6.45, 7) is 2.00. The first-order valence-electron chi connectivity index (χ1n) is 29.0. The van der Waals surface area contributed by atoms with E-state index < -0.39 is 30.5 Å². The van der Waals surface area contributed by atoms with Gasteiger partial charge in [0.2, 0.25) is 0 Å². The zero-order chi connectivity index (χ0) is 73.4. The Morgan fingerprint density at radius 3 is 0.772 bits per heavy atom. The quantitative estimate of drug-likeness (QED) is 0.0740. The van der Waals surface area contributed by atoms with E-state index in [9.17, 15) is 21.0 Å². The second-order valence-corrected chi connectivity index (χ2v) is 26.1. The summed E-state index contributed by atoms with van der Waals surface area (Å²) in [6.07, 6.45) is 27.2. The molecule has 12 aromatic rings. The van der Waals surface area contributed by atoms with Gasteiger partial charge >= 0.3 is 24.6 Å². The number of H-pyrrole nitrogens is 4. The molecule has 4 N–H and O–H groups in total. The largest absolute Gasteiger partial charge is 0.373 e. The van der Waals surface area contributed by atoms with Crippen LogP contribution in [0.5, 0.6) is 0 Å². The highest BCUT2D eigenvalue weighted by molar-refractivity contribution is 7.91. The van der Waals surface area contributed by atoms with Crippen LogP contribution in [0.25, 0.3) is 93.1 Å². The van der Waals surface area contributed by atoms with Gasteiger partial charge in [0.05, 0.1) is 34.6 Å². The Morgan fingerprint density at radius 2 is 0.564 bits per heavy atom. The summed E-state index contributed by atoms with van der Waals surface area (Å²) in [5.41, 5.74) is 17.1. The highest BCUT2D eigenvalue weighted by Crippen LogP contribution is 2.28. The van der Waals surface area contributed by atoms with Crippen LogP contribution in [0.1, 0.15) is 50.6 Å². The molecule has 0 saturated heterocycles. The van der Waals surface area contributed by atoms with Gasteiger partial charge in [0.25, 0.3) is 0 Å². The van der Waals surface area contributed by atoms with Gasteiger partial charge in [0, 0.05) is 39.5 Å². The maximum Gasteiger partial charge on any atom is 0.373 e. The fourth-order valence-electron chi connectivity index (χ4n) is 8.44. The van der Waals surface area contributed by atoms with Crippen LogP contribution in [0.15, 0.2) is 228 Å². The Balaban J connectivity index is 0.000000230. The van der Waals surface area contributed by atoms with E-state index in [0.717, 1.165) is 105 Å². The third-order valence-electron chi connectivity index (χ3n) is 13.4. The minimum Gasteiger partial charge on any atom is -0.255 e. The summed E-state index contributed by atoms with van der Waals surface area (Å²) < 4.78 is 57.3. The molecule has 0 saturated carbocycles. The SMILES string of the molecule is CS(=O)(=O)c1ccc(-c2ccc(C=Cc3cn[nH]n3)cc2)cc1.CS(=O)(=O)c1ccc(-c2ccc(C=Cc3cn[nH]n3)cc2)cc1.CS(=O)c1ccc(-c2ccc(C=Cc3cn[nH]n3)cc2)cc1.Cc1ccc(-c2ccc(C=Cc3cn[nH]n3)cc2)cc1Cl.O=C=O.O=C=O.O=C=O.O=C=O. The van der Waals surface area contributed by atoms with Crippen LogP contribution in [-0.2, 0) is 68.8 Å². The van der Waals surface area contributed by atoms with E-state index in [0.29, 0.717) is 9.79 Å². The zero-order valence-electron chi connectivity index (χ0n) is 53.8. The lowest BCUT2D eigenvalue weighted by Gasteiger charge is -2.05. The zero-order valence-corrected chi connectivity index (χ0v) is 57.0. The fraction of sp³-hybridized carbons (Fsp3) is 0.0556. The molecule has 0 aliphatic carbocycles. The summed E-state index contributed by atoms with van der Waals surface area (Å²) in [5.74, 6) is 0. The van der Waals surface area contributed by atoms with Crippen LogP contribution in [0, 0.1) is 6.92 Å². The molecule has 29 heteroatoms. The number of aromatic amines is 4. The molecule has 1 atom stereocenters. The van der Waals surface area contributed by atoms with Gasteiger partial charge in [-0.3, -0.25) is 4.21 Å². The van der Waals surface area contributed by atoms with E-state index in [1.165, 1.54) is 12.5 Å². The molecule has 4 aromatic heterocycles. The Bertz CT molecular complexity index is 4810. The number of benzene rings is 8. The van der Waals surface area contributed by atoms with Gasteiger partial charge in [-0.25, -0.2) is 16.8 Å². The lowest BCUT2D eigenvalue weighted by Crippen LogP contribution is -1.96. The van der Waals surface area contributed by atoms with Gasteiger partial charge in [-0.15, -0.1) is 0 Å². The standard InChI is InChI=1S/C17H14ClN3.2C17H15N3O2S.C17H15N3OS.4CO2/c1-12-2-6-15(10-17(12)18)14-7-3-13(4-8-14)5-9-16-11-19-21-20-16;2*1-23(21,22)17-10-7-15(8-11-17)14-5-2-13(3-6-14)4-9-16-12-18-20-19-16;1-22(21)17-10-7-15(8-11-17)14-5-2-13(3-6-14)4-9-16-12-18-20-19-16;4*2-1-3/h2-11H,1H3,(H,19,20,21);2*2-12H,1H3,(H,18,19,20);2-12H,1H3,(H,18,19,20);;;;. The number of aryl methyl sites for hydroxylation is 1. The summed E-state index contributed by atoms with van der Waals surface area (Å²) in [7, 11) is -7.26. The molecule has 510 valence electrons. The molecule has 25 nitrogen and oxygen atoms in total. The molecule has 0 fully saturated rings. The van der Waals surface area contributed by atoms with Crippen LogP contribution in [0.4, 0.5) is 0 Å². The first kappa shape index (κ1) is 78.8. The molecule has 101 heavy (non-hydrogen) atoms. The normalized spacial score (nSPS) is 10.8. The van der Waals surface area contributed by atoms with Crippen molar-refractivity contribution < 1.29 is 59.4 Å². The van der Waals surface area contributed by atoms with Gasteiger partial charge in [0.1, 0.15) is 22.8 Å². The summed E-state index contributed by atoms with van der Waals surface area (Å²) in [4.78, 5) is 66.5. The van der Waals surface area contributed by atoms with Crippen molar-refractivity contribution in [1.29, 1.82) is 0 Å². The van der Waals surface area contributed by atoms with Crippen LogP contribution in [-0.4, -0.2) is 126 Å². The van der Waals surface area contributed by atoms with Crippen molar-refractivity contribution in [1.82, 2.24) is 61.6 Å². The number of hydrogen-bond acceptors (Lipinski definition) is 21. The Kier molecular flexibility index (Phi) is 32.7. The maximum absolute atomic E-state index is 11.5. The van der Waals surface area contributed by atoms with E-state index in [4.69, 9.17) is 50.0 Å². The maximum atomic E-state index is 11.5. The number of nitrogens with zero attached hydrogens (tertiary/aromatic N) is 8. The second-order valence-electron chi connectivity index (χ2n) is 20.3. The molecule has 0 bridgehead atoms. The fourth-order valence-corrected chi connectivity index (χ4v) is 10.4. The van der Waals surface area contributed by atoms with E-state index in [-0.39, 0.29) is 24.6 Å². The molecule has 0 spiro atoms. The Hall–Kier alpha value is -12.9. The molecule has 1 unspecified atom stereocenters. The number of halogens is 1. The van der Waals surface area contributed by atoms with Gasteiger partial charge in [-0.05, 0) is 146 Å². The number of carbonyl (C=O) groups excluding carboxylic acids is 8. The molecular formula is C72H59ClN12O13S3. The van der Waals surface area contributed by atoms with Crippen LogP contribution in [0.3, 0.4) is 0 Å². The van der Waals surface area contributed by atoms with Crippen LogP contribution in [0.2, 0.25) is 5.02 Å². The van der Waals surface area contributed by atoms with Crippen molar-refractivity contribution in [2.75, 3.05) is 18.8 Å². The van der Waals surface area contributed by atoms with E-state index in [1.54, 1.807) is 55.3 Å². The minimum absolute atomic E-state index is 0.250. The van der Waals surface area contributed by atoms with Crippen molar-refractivity contribution >= 4 is 115 Å². The first-order valence-corrected chi connectivity index (χ1v) is 34.7. The second kappa shape index (κ2) is 42.0. The first-order chi connectivity index (χ1) is 48.6. The van der Waals surface area contributed by atoms with E-state index in [2.05, 4.69) is 116 Å². The average molecular weight is 1430 g/mol. The predicted octanol–water partition coefficient (Wildman–Crippen LogP) is 11.7. The number of sulfone groups is 2. The minimum atomic E-state index is -3.16. The summed E-state index contributed by atoms with van der Waals surface area (Å²) >= 11 is 6.17. The van der Waals surface area contributed by atoms with E-state index in [1.807, 2.05) is 165 Å². The van der Waals surface area contributed by atoms with Crippen molar-refractivity contribution in [3.63, 3.8) is 0 Å². The molecule has 8 aromatic carbocycles. The lowest BCUT2D eigenvalue weighted by molar-refractivity contribution is -0.193. The summed E-state index contributed by atoms with van der Waals surface area (Å²) in [6, 6.07) is 60.2. The van der Waals surface area contributed by atoms with Crippen molar-refractivity contribution in [2.24, 2.45) is 0 Å². The van der Waals surface area contributed by atoms with Crippen molar-refractivity contribution in [3.8, 4) is 44.5 Å². The molecule has 0 aliphatic heterocycles. The number of aromatic nitrogens is 12. The van der Waals surface area contributed by atoms with Crippen molar-refractivity contribution in [3.05, 3.63) is 268 Å². The average Bonchev–Trinajstić information content (AvgIpc) is 1.90. The number of hydrogen-bond donors (Lipinski definition) is 4. The van der Waals surface area contributed by atoms with Crippen molar-refractivity contribution in [2.45, 2.75) is 21.6 Å². The van der Waals surface area contributed by atoms with Gasteiger partial charge in [-0.1, -0.05) is 181 Å². The topological polar surface area (TPSA) is 388 Å². The Morgan fingerprint density at radius 1 is 0.347 bits per heavy atom. The molecule has 12 rings (SSSR count). The third kappa shape index (κ3) is 28.0. The highest BCUT2D eigenvalue weighted by atomic mass is 35.5. The number of rotatable bonds is 15. The summed E-state index contributed by atoms with van der Waals surface area (Å²) in [5, 5.41) is 41.9. The van der Waals surface area contributed by atoms with Gasteiger partial charge < -0.3 is 0 Å². The highest BCUT2D eigenvalue weighted by Gasteiger charge is 2.09. The molecule has 0 radical (unpaired) electrons. The van der Waals surface area contributed by atoms with Crippen LogP contribution >= 0.6 is 11.6 Å². The molecule has 0 aliphatic rings. The van der Waals surface area contributed by atoms with Crippen LogP contribution < -0.4 is 0 Å². The molecular weight excluding hydrogens is 1370 g/mol. The monoisotopic (exact) mass is 1430 g/mol. The van der Waals surface area contributed by atoms with Gasteiger partial charge in [0.15, 0.2) is 19.7 Å². The third-order valence-corrected chi connectivity index (χ3v) is 17.0. The molecule has 4 heterocycles. The van der Waals surface area contributed by atoms with Gasteiger partial charge in [-0.2, -0.15) is 100.0 Å². The number of nitrogens with one attached hydrogen (secondary N) is 4. The Labute approximate surface area is 586 Å². The smallest absolute Gasteiger partial charge is 0.255 e. The molecule has 0 amide bonds.